The SMILES string of the molecule is CCN1C(=O)N[C@H](c2ccc(C)cc2C)C2=C1CN([C@@H](CC(C)C)C(=O)N(C)C)C2=O. The molecule has 0 aliphatic carbocycles. The van der Waals surface area contributed by atoms with Gasteiger partial charge in [0.2, 0.25) is 5.91 Å². The molecule has 0 saturated carbocycles. The highest BCUT2D eigenvalue weighted by atomic mass is 16.2. The Kier molecular flexibility index (Phi) is 6.43. The number of hydrogen-bond acceptors (Lipinski definition) is 3. The van der Waals surface area contributed by atoms with Crippen LogP contribution in [0, 0.1) is 19.8 Å². The Morgan fingerprint density at radius 2 is 1.90 bits per heavy atom. The molecular weight excluding hydrogens is 392 g/mol. The number of aryl methyl sites for hydroxylation is 2. The summed E-state index contributed by atoms with van der Waals surface area (Å²) in [6.45, 7) is 10.7. The molecule has 1 aromatic rings. The van der Waals surface area contributed by atoms with E-state index in [9.17, 15) is 14.4 Å². The number of benzene rings is 1. The summed E-state index contributed by atoms with van der Waals surface area (Å²) in [4.78, 5) is 44.5. The fraction of sp³-hybridized carbons (Fsp3) is 0.542. The van der Waals surface area contributed by atoms with Gasteiger partial charge in [-0.1, -0.05) is 37.6 Å². The van der Waals surface area contributed by atoms with Crippen molar-refractivity contribution in [2.24, 2.45) is 5.92 Å². The van der Waals surface area contributed by atoms with Crippen molar-refractivity contribution in [3.8, 4) is 0 Å². The molecule has 0 aromatic heterocycles. The van der Waals surface area contributed by atoms with Gasteiger partial charge in [0.1, 0.15) is 6.04 Å². The molecule has 3 rings (SSSR count). The van der Waals surface area contributed by atoms with E-state index in [2.05, 4.69) is 11.4 Å². The van der Waals surface area contributed by atoms with Crippen LogP contribution in [-0.4, -0.2) is 65.8 Å². The van der Waals surface area contributed by atoms with Crippen LogP contribution in [0.5, 0.6) is 0 Å². The molecule has 0 saturated heterocycles. The average molecular weight is 427 g/mol. The highest BCUT2D eigenvalue weighted by molar-refractivity contribution is 6.03. The number of rotatable bonds is 6. The second-order valence-electron chi connectivity index (χ2n) is 9.16. The summed E-state index contributed by atoms with van der Waals surface area (Å²) in [6.07, 6.45) is 0.574. The molecule has 168 valence electrons. The van der Waals surface area contributed by atoms with Crippen LogP contribution in [0.3, 0.4) is 0 Å². The third-order valence-electron chi connectivity index (χ3n) is 6.10. The third-order valence-corrected chi connectivity index (χ3v) is 6.10. The molecule has 2 aliphatic heterocycles. The lowest BCUT2D eigenvalue weighted by atomic mass is 9.91. The summed E-state index contributed by atoms with van der Waals surface area (Å²) < 4.78 is 0. The minimum absolute atomic E-state index is 0.0905. The van der Waals surface area contributed by atoms with Gasteiger partial charge in [0, 0.05) is 20.6 Å². The van der Waals surface area contributed by atoms with Crippen LogP contribution in [0.4, 0.5) is 4.79 Å². The Morgan fingerprint density at radius 1 is 1.23 bits per heavy atom. The molecule has 4 amide bonds. The van der Waals surface area contributed by atoms with Gasteiger partial charge >= 0.3 is 6.03 Å². The third kappa shape index (κ3) is 4.18. The Bertz CT molecular complexity index is 935. The van der Waals surface area contributed by atoms with Crippen molar-refractivity contribution in [3.05, 3.63) is 46.2 Å². The lowest BCUT2D eigenvalue weighted by Crippen LogP contribution is -2.48. The predicted molar refractivity (Wildman–Crippen MR) is 120 cm³/mol. The lowest BCUT2D eigenvalue weighted by Gasteiger charge is -2.33. The van der Waals surface area contributed by atoms with E-state index in [1.807, 2.05) is 46.8 Å². The molecule has 0 fully saturated rings. The first-order valence-electron chi connectivity index (χ1n) is 11.0. The number of nitrogens with zero attached hydrogens (tertiary/aromatic N) is 3. The Labute approximate surface area is 185 Å². The van der Waals surface area contributed by atoms with Crippen LogP contribution in [0.1, 0.15) is 49.9 Å². The number of urea groups is 1. The van der Waals surface area contributed by atoms with Crippen molar-refractivity contribution in [3.63, 3.8) is 0 Å². The number of likely N-dealkylation sites (N-methyl/N-ethyl adjacent to an activating group) is 2. The molecule has 0 spiro atoms. The first kappa shape index (κ1) is 22.8. The number of carbonyl (C=O) groups is 3. The van der Waals surface area contributed by atoms with Crippen molar-refractivity contribution >= 4 is 17.8 Å². The summed E-state index contributed by atoms with van der Waals surface area (Å²) in [5.41, 5.74) is 4.35. The standard InChI is InChI=1S/C24H34N4O3/c1-8-27-19-13-28(18(11-14(2)3)22(29)26(6)7)23(30)20(19)21(25-24(27)31)17-10-9-15(4)12-16(17)5/h9-10,12,14,18,21H,8,11,13H2,1-7H3,(H,25,31)/t18-,21+/m0/s1. The van der Waals surface area contributed by atoms with Gasteiger partial charge in [-0.25, -0.2) is 4.79 Å². The number of carbonyl (C=O) groups excluding carboxylic acids is 3. The molecule has 1 N–H and O–H groups in total. The van der Waals surface area contributed by atoms with E-state index in [0.29, 0.717) is 24.2 Å². The van der Waals surface area contributed by atoms with E-state index in [1.165, 1.54) is 0 Å². The summed E-state index contributed by atoms with van der Waals surface area (Å²) in [5.74, 6) is -0.0110. The molecule has 0 bridgehead atoms. The van der Waals surface area contributed by atoms with E-state index < -0.39 is 12.1 Å². The van der Waals surface area contributed by atoms with Gasteiger partial charge in [-0.05, 0) is 44.2 Å². The Hall–Kier alpha value is -2.83. The summed E-state index contributed by atoms with van der Waals surface area (Å²) >= 11 is 0. The van der Waals surface area contributed by atoms with Gasteiger partial charge in [-0.15, -0.1) is 0 Å². The molecule has 0 unspecified atom stereocenters. The van der Waals surface area contributed by atoms with Crippen LogP contribution in [0.2, 0.25) is 0 Å². The fourth-order valence-corrected chi connectivity index (χ4v) is 4.59. The van der Waals surface area contributed by atoms with Gasteiger partial charge in [0.15, 0.2) is 0 Å². The molecule has 2 atom stereocenters. The van der Waals surface area contributed by atoms with Gasteiger partial charge in [-0.2, -0.15) is 0 Å². The van der Waals surface area contributed by atoms with Crippen LogP contribution >= 0.6 is 0 Å². The van der Waals surface area contributed by atoms with E-state index in [4.69, 9.17) is 0 Å². The van der Waals surface area contributed by atoms with Crippen molar-refractivity contribution in [1.29, 1.82) is 0 Å². The van der Waals surface area contributed by atoms with E-state index in [1.54, 1.807) is 28.8 Å². The topological polar surface area (TPSA) is 73.0 Å². The highest BCUT2D eigenvalue weighted by Crippen LogP contribution is 2.38. The zero-order valence-corrected chi connectivity index (χ0v) is 19.7. The largest absolute Gasteiger partial charge is 0.347 e. The Balaban J connectivity index is 2.07. The van der Waals surface area contributed by atoms with Gasteiger partial charge in [-0.3, -0.25) is 14.5 Å². The second-order valence-corrected chi connectivity index (χ2v) is 9.16. The predicted octanol–water partition coefficient (Wildman–Crippen LogP) is 2.99. The van der Waals surface area contributed by atoms with E-state index in [0.717, 1.165) is 16.7 Å². The maximum Gasteiger partial charge on any atom is 0.322 e. The van der Waals surface area contributed by atoms with Crippen molar-refractivity contribution in [2.75, 3.05) is 27.2 Å². The summed E-state index contributed by atoms with van der Waals surface area (Å²) in [5, 5.41) is 3.03. The molecule has 7 nitrogen and oxygen atoms in total. The zero-order valence-electron chi connectivity index (χ0n) is 19.7. The van der Waals surface area contributed by atoms with Crippen molar-refractivity contribution < 1.29 is 14.4 Å². The maximum absolute atomic E-state index is 13.7. The fourth-order valence-electron chi connectivity index (χ4n) is 4.59. The smallest absolute Gasteiger partial charge is 0.322 e. The molecule has 0 radical (unpaired) electrons. The van der Waals surface area contributed by atoms with Crippen LogP contribution < -0.4 is 5.32 Å². The summed E-state index contributed by atoms with van der Waals surface area (Å²) in [7, 11) is 3.43. The summed E-state index contributed by atoms with van der Waals surface area (Å²) in [6, 6.07) is 4.76. The molecule has 2 aliphatic rings. The Morgan fingerprint density at radius 3 is 2.45 bits per heavy atom. The van der Waals surface area contributed by atoms with Crippen molar-refractivity contribution in [1.82, 2.24) is 20.0 Å². The van der Waals surface area contributed by atoms with Crippen LogP contribution in [0.25, 0.3) is 0 Å². The minimum atomic E-state index is -0.554. The normalized spacial score (nSPS) is 19.7. The molecule has 31 heavy (non-hydrogen) atoms. The van der Waals surface area contributed by atoms with Gasteiger partial charge in [0.25, 0.3) is 5.91 Å². The second kappa shape index (κ2) is 8.73. The molecule has 7 heteroatoms. The number of amides is 4. The van der Waals surface area contributed by atoms with E-state index in [-0.39, 0.29) is 30.3 Å². The molecule has 1 aromatic carbocycles. The van der Waals surface area contributed by atoms with Crippen LogP contribution in [-0.2, 0) is 9.59 Å². The zero-order chi connectivity index (χ0) is 23.0. The molecule has 2 heterocycles. The number of hydrogen-bond donors (Lipinski definition) is 1. The van der Waals surface area contributed by atoms with Crippen LogP contribution in [0.15, 0.2) is 29.5 Å². The quantitative estimate of drug-likeness (QED) is 0.760. The maximum atomic E-state index is 13.7. The van der Waals surface area contributed by atoms with E-state index >= 15 is 0 Å². The monoisotopic (exact) mass is 426 g/mol. The van der Waals surface area contributed by atoms with Gasteiger partial charge < -0.3 is 15.1 Å². The number of nitrogens with one attached hydrogen (secondary N) is 1. The minimum Gasteiger partial charge on any atom is -0.347 e. The molecular formula is C24H34N4O3. The first-order valence-corrected chi connectivity index (χ1v) is 11.0. The lowest BCUT2D eigenvalue weighted by molar-refractivity contribution is -0.141. The van der Waals surface area contributed by atoms with Gasteiger partial charge in [0.05, 0.1) is 23.9 Å². The van der Waals surface area contributed by atoms with Crippen molar-refractivity contribution in [2.45, 2.75) is 53.1 Å². The highest BCUT2D eigenvalue weighted by Gasteiger charge is 2.47. The first-order chi connectivity index (χ1) is 14.6. The average Bonchev–Trinajstić information content (AvgIpc) is 3.02.